The number of esters is 1. The minimum absolute atomic E-state index is 0.117. The molecule has 6 heteroatoms. The summed E-state index contributed by atoms with van der Waals surface area (Å²) in [6, 6.07) is 7.72. The number of nitrogens with zero attached hydrogens (tertiary/aromatic N) is 2. The van der Waals surface area contributed by atoms with Gasteiger partial charge in [0.15, 0.2) is 0 Å². The smallest absolute Gasteiger partial charge is 0.323 e. The molecule has 3 aliphatic rings. The Balaban J connectivity index is 1.30. The third kappa shape index (κ3) is 4.33. The number of methoxy groups -OCH3 is 1. The maximum atomic E-state index is 12.8. The highest BCUT2D eigenvalue weighted by Crippen LogP contribution is 2.42. The van der Waals surface area contributed by atoms with Gasteiger partial charge < -0.3 is 14.4 Å². The highest BCUT2D eigenvalue weighted by Gasteiger charge is 2.44. The second-order valence-electron chi connectivity index (χ2n) is 8.97. The Labute approximate surface area is 173 Å². The van der Waals surface area contributed by atoms with Gasteiger partial charge in [-0.2, -0.15) is 0 Å². The zero-order chi connectivity index (χ0) is 20.4. The minimum Gasteiger partial charge on any atom is -0.468 e. The average Bonchev–Trinajstić information content (AvgIpc) is 3.35. The lowest BCUT2D eigenvalue weighted by Gasteiger charge is -2.38. The van der Waals surface area contributed by atoms with Crippen molar-refractivity contribution in [3.8, 4) is 0 Å². The van der Waals surface area contributed by atoms with Gasteiger partial charge in [0.2, 0.25) is 0 Å². The van der Waals surface area contributed by atoms with Gasteiger partial charge in [0, 0.05) is 25.2 Å². The zero-order valence-electron chi connectivity index (χ0n) is 17.6. The van der Waals surface area contributed by atoms with Crippen LogP contribution in [0.25, 0.3) is 0 Å². The standard InChI is InChI=1S/C23H32N2O4/c1-17-5-3-6-18(13-17)21(26)24-11-8-23(9-12-24)14-19(29-16-23)15-25-10-4-7-20(25)22(27)28-2/h3,5-6,13,19-20H,4,7-12,14-16H2,1-2H3/t19-,20-/m1/s1. The van der Waals surface area contributed by atoms with E-state index in [1.165, 1.54) is 7.11 Å². The van der Waals surface area contributed by atoms with Gasteiger partial charge in [-0.1, -0.05) is 17.7 Å². The predicted molar refractivity (Wildman–Crippen MR) is 110 cm³/mol. The fraction of sp³-hybridized carbons (Fsp3) is 0.652. The van der Waals surface area contributed by atoms with E-state index in [0.717, 1.165) is 76.0 Å². The van der Waals surface area contributed by atoms with Gasteiger partial charge in [0.1, 0.15) is 6.04 Å². The van der Waals surface area contributed by atoms with E-state index >= 15 is 0 Å². The van der Waals surface area contributed by atoms with Crippen molar-refractivity contribution in [2.24, 2.45) is 5.41 Å². The van der Waals surface area contributed by atoms with E-state index in [0.29, 0.717) is 0 Å². The van der Waals surface area contributed by atoms with E-state index in [2.05, 4.69) is 4.90 Å². The van der Waals surface area contributed by atoms with E-state index < -0.39 is 0 Å². The van der Waals surface area contributed by atoms with Crippen LogP contribution in [0.1, 0.15) is 48.0 Å². The number of hydrogen-bond donors (Lipinski definition) is 0. The number of carbonyl (C=O) groups is 2. The van der Waals surface area contributed by atoms with Gasteiger partial charge in [-0.3, -0.25) is 14.5 Å². The molecule has 1 aromatic rings. The molecule has 0 saturated carbocycles. The molecule has 158 valence electrons. The fourth-order valence-electron chi connectivity index (χ4n) is 5.22. The van der Waals surface area contributed by atoms with E-state index in [4.69, 9.17) is 9.47 Å². The first kappa shape index (κ1) is 20.4. The molecule has 0 N–H and O–H groups in total. The van der Waals surface area contributed by atoms with Crippen LogP contribution in [-0.2, 0) is 14.3 Å². The van der Waals surface area contributed by atoms with Crippen molar-refractivity contribution in [2.75, 3.05) is 39.9 Å². The van der Waals surface area contributed by atoms with Crippen LogP contribution in [0.5, 0.6) is 0 Å². The zero-order valence-corrected chi connectivity index (χ0v) is 17.6. The molecule has 0 aromatic heterocycles. The van der Waals surface area contributed by atoms with Crippen LogP contribution >= 0.6 is 0 Å². The van der Waals surface area contributed by atoms with Gasteiger partial charge in [0.25, 0.3) is 5.91 Å². The molecule has 29 heavy (non-hydrogen) atoms. The van der Waals surface area contributed by atoms with Crippen molar-refractivity contribution in [1.29, 1.82) is 0 Å². The third-order valence-corrected chi connectivity index (χ3v) is 6.94. The van der Waals surface area contributed by atoms with Crippen molar-refractivity contribution in [3.05, 3.63) is 35.4 Å². The van der Waals surface area contributed by atoms with E-state index in [1.54, 1.807) is 0 Å². The highest BCUT2D eigenvalue weighted by molar-refractivity contribution is 5.94. The van der Waals surface area contributed by atoms with Gasteiger partial charge in [-0.25, -0.2) is 0 Å². The molecular weight excluding hydrogens is 368 g/mol. The number of amides is 1. The summed E-state index contributed by atoms with van der Waals surface area (Å²) in [5.41, 5.74) is 2.07. The first-order valence-corrected chi connectivity index (χ1v) is 10.8. The van der Waals surface area contributed by atoms with Gasteiger partial charge in [-0.15, -0.1) is 0 Å². The molecule has 2 atom stereocenters. The maximum absolute atomic E-state index is 12.8. The van der Waals surface area contributed by atoms with Crippen molar-refractivity contribution >= 4 is 11.9 Å². The number of ether oxygens (including phenoxy) is 2. The Morgan fingerprint density at radius 2 is 2.03 bits per heavy atom. The number of aryl methyl sites for hydroxylation is 1. The van der Waals surface area contributed by atoms with Crippen molar-refractivity contribution < 1.29 is 19.1 Å². The van der Waals surface area contributed by atoms with Gasteiger partial charge in [0.05, 0.1) is 19.8 Å². The molecule has 0 aliphatic carbocycles. The van der Waals surface area contributed by atoms with Crippen molar-refractivity contribution in [1.82, 2.24) is 9.80 Å². The summed E-state index contributed by atoms with van der Waals surface area (Å²) in [5, 5.41) is 0. The highest BCUT2D eigenvalue weighted by atomic mass is 16.5. The predicted octanol–water partition coefficient (Wildman–Crippen LogP) is 2.64. The van der Waals surface area contributed by atoms with Crippen LogP contribution in [0.3, 0.4) is 0 Å². The summed E-state index contributed by atoms with van der Waals surface area (Å²) in [6.45, 7) is 6.09. The molecule has 3 heterocycles. The number of benzene rings is 1. The summed E-state index contributed by atoms with van der Waals surface area (Å²) in [5.74, 6) is 0.00943. The Hall–Kier alpha value is -1.92. The van der Waals surface area contributed by atoms with E-state index in [1.807, 2.05) is 36.1 Å². The average molecular weight is 401 g/mol. The monoisotopic (exact) mass is 400 g/mol. The molecule has 6 nitrogen and oxygen atoms in total. The largest absolute Gasteiger partial charge is 0.468 e. The van der Waals surface area contributed by atoms with Crippen molar-refractivity contribution in [2.45, 2.75) is 51.2 Å². The summed E-state index contributed by atoms with van der Waals surface area (Å²) in [6.07, 6.45) is 5.07. The van der Waals surface area contributed by atoms with Gasteiger partial charge >= 0.3 is 5.97 Å². The van der Waals surface area contributed by atoms with E-state index in [9.17, 15) is 9.59 Å². The number of likely N-dealkylation sites (tertiary alicyclic amines) is 2. The van der Waals surface area contributed by atoms with E-state index in [-0.39, 0.29) is 29.4 Å². The fourth-order valence-corrected chi connectivity index (χ4v) is 5.22. The molecule has 0 radical (unpaired) electrons. The number of hydrogen-bond acceptors (Lipinski definition) is 5. The summed E-state index contributed by atoms with van der Waals surface area (Å²) in [4.78, 5) is 29.0. The number of piperidine rings is 1. The lowest BCUT2D eigenvalue weighted by atomic mass is 9.76. The Morgan fingerprint density at radius 3 is 2.76 bits per heavy atom. The first-order valence-electron chi connectivity index (χ1n) is 10.8. The molecule has 0 bridgehead atoms. The van der Waals surface area contributed by atoms with Crippen LogP contribution in [0, 0.1) is 12.3 Å². The summed E-state index contributed by atoms with van der Waals surface area (Å²) in [7, 11) is 1.46. The second-order valence-corrected chi connectivity index (χ2v) is 8.97. The normalized spacial score (nSPS) is 26.8. The molecule has 3 aliphatic heterocycles. The molecule has 1 aromatic carbocycles. The Bertz CT molecular complexity index is 757. The van der Waals surface area contributed by atoms with Crippen LogP contribution in [0.4, 0.5) is 0 Å². The molecule has 3 saturated heterocycles. The molecule has 1 amide bonds. The SMILES string of the molecule is COC(=O)[C@H]1CCCN1C[C@H]1CC2(CCN(C(=O)c3cccc(C)c3)CC2)CO1. The number of rotatable bonds is 4. The summed E-state index contributed by atoms with van der Waals surface area (Å²) >= 11 is 0. The van der Waals surface area contributed by atoms with Crippen LogP contribution in [-0.4, -0.2) is 73.7 Å². The maximum Gasteiger partial charge on any atom is 0.323 e. The Kier molecular flexibility index (Phi) is 5.93. The molecule has 4 rings (SSSR count). The lowest BCUT2D eigenvalue weighted by molar-refractivity contribution is -0.146. The quantitative estimate of drug-likeness (QED) is 0.728. The minimum atomic E-state index is -0.127. The Morgan fingerprint density at radius 1 is 1.24 bits per heavy atom. The second kappa shape index (κ2) is 8.44. The molecule has 1 spiro atoms. The summed E-state index contributed by atoms with van der Waals surface area (Å²) < 4.78 is 11.1. The molecule has 3 fully saturated rings. The lowest BCUT2D eigenvalue weighted by Crippen LogP contribution is -2.44. The van der Waals surface area contributed by atoms with Crippen LogP contribution < -0.4 is 0 Å². The molecular formula is C23H32N2O4. The number of carbonyl (C=O) groups excluding carboxylic acids is 2. The first-order chi connectivity index (χ1) is 14.0. The van der Waals surface area contributed by atoms with Gasteiger partial charge in [-0.05, 0) is 63.1 Å². The topological polar surface area (TPSA) is 59.1 Å². The van der Waals surface area contributed by atoms with Crippen LogP contribution in [0.15, 0.2) is 24.3 Å². The van der Waals surface area contributed by atoms with Crippen molar-refractivity contribution in [3.63, 3.8) is 0 Å². The third-order valence-electron chi connectivity index (χ3n) is 6.94. The molecule has 0 unspecified atom stereocenters. The van der Waals surface area contributed by atoms with Crippen LogP contribution in [0.2, 0.25) is 0 Å².